The smallest absolute Gasteiger partial charge is 0.259 e. The standard InChI is InChI=1S/C26H40N2O6/c1-19(2)14-23-26(33-18-31-4,24(29)28(23)17-30-3)16-20-15-22(8-12-27-20)34-21-6-10-25(11-7-21)9-5-13-32-25/h8,12,15,19,21,23H,5-7,9-11,13-14,16-18H2,1-4H3/t21-,23-,25+,26+/m0/s1. The van der Waals surface area contributed by atoms with E-state index in [9.17, 15) is 4.79 Å². The fraction of sp³-hybridized carbons (Fsp3) is 0.769. The Balaban J connectivity index is 1.46. The van der Waals surface area contributed by atoms with Crippen molar-refractivity contribution in [3.63, 3.8) is 0 Å². The van der Waals surface area contributed by atoms with Crippen LogP contribution in [-0.2, 0) is 30.2 Å². The summed E-state index contributed by atoms with van der Waals surface area (Å²) in [6.45, 7) is 5.48. The molecule has 0 bridgehead atoms. The highest BCUT2D eigenvalue weighted by atomic mass is 16.7. The highest BCUT2D eigenvalue weighted by Crippen LogP contribution is 2.42. The Morgan fingerprint density at radius 2 is 2.00 bits per heavy atom. The summed E-state index contributed by atoms with van der Waals surface area (Å²) >= 11 is 0. The first-order valence-corrected chi connectivity index (χ1v) is 12.6. The lowest BCUT2D eigenvalue weighted by molar-refractivity contribution is -0.235. The highest BCUT2D eigenvalue weighted by Gasteiger charge is 2.62. The lowest BCUT2D eigenvalue weighted by atomic mass is 9.75. The Hall–Kier alpha value is -1.74. The van der Waals surface area contributed by atoms with E-state index in [0.29, 0.717) is 12.3 Å². The molecule has 2 atom stereocenters. The van der Waals surface area contributed by atoms with Crippen LogP contribution in [-0.4, -0.2) is 73.5 Å². The van der Waals surface area contributed by atoms with Crippen molar-refractivity contribution >= 4 is 5.91 Å². The summed E-state index contributed by atoms with van der Waals surface area (Å²) in [6, 6.07) is 3.74. The maximum Gasteiger partial charge on any atom is 0.259 e. The zero-order valence-electron chi connectivity index (χ0n) is 21.1. The van der Waals surface area contributed by atoms with Gasteiger partial charge in [-0.25, -0.2) is 0 Å². The van der Waals surface area contributed by atoms with Crippen LogP contribution in [0.1, 0.15) is 64.5 Å². The van der Waals surface area contributed by atoms with E-state index in [4.69, 9.17) is 23.7 Å². The molecule has 1 aliphatic carbocycles. The highest BCUT2D eigenvalue weighted by molar-refractivity contribution is 5.93. The number of nitrogens with zero attached hydrogens (tertiary/aromatic N) is 2. The number of methoxy groups -OCH3 is 2. The van der Waals surface area contributed by atoms with Gasteiger partial charge in [-0.3, -0.25) is 9.78 Å². The Kier molecular flexibility index (Phi) is 8.12. The number of pyridine rings is 1. The average molecular weight is 477 g/mol. The van der Waals surface area contributed by atoms with Gasteiger partial charge in [0, 0.05) is 45.2 Å². The Morgan fingerprint density at radius 3 is 2.65 bits per heavy atom. The zero-order chi connectivity index (χ0) is 24.2. The van der Waals surface area contributed by atoms with Gasteiger partial charge in [-0.05, 0) is 56.9 Å². The summed E-state index contributed by atoms with van der Waals surface area (Å²) in [5.41, 5.74) is -0.140. The molecular formula is C26H40N2O6. The van der Waals surface area contributed by atoms with Gasteiger partial charge in [0.2, 0.25) is 0 Å². The molecule has 0 aromatic carbocycles. The molecule has 2 aliphatic heterocycles. The summed E-state index contributed by atoms with van der Waals surface area (Å²) in [5, 5.41) is 0. The van der Waals surface area contributed by atoms with Crippen molar-refractivity contribution in [3.05, 3.63) is 24.0 Å². The Morgan fingerprint density at radius 1 is 1.21 bits per heavy atom. The summed E-state index contributed by atoms with van der Waals surface area (Å²) in [4.78, 5) is 19.6. The molecule has 3 fully saturated rings. The van der Waals surface area contributed by atoms with Crippen molar-refractivity contribution in [2.45, 2.75) is 88.6 Å². The third-order valence-corrected chi connectivity index (χ3v) is 7.50. The van der Waals surface area contributed by atoms with Gasteiger partial charge in [-0.1, -0.05) is 13.8 Å². The molecule has 1 aromatic rings. The van der Waals surface area contributed by atoms with E-state index in [1.807, 2.05) is 12.1 Å². The fourth-order valence-corrected chi connectivity index (χ4v) is 5.80. The molecule has 1 saturated carbocycles. The summed E-state index contributed by atoms with van der Waals surface area (Å²) < 4.78 is 29.0. The number of ether oxygens (including phenoxy) is 5. The van der Waals surface area contributed by atoms with Crippen molar-refractivity contribution < 1.29 is 28.5 Å². The van der Waals surface area contributed by atoms with E-state index < -0.39 is 5.60 Å². The average Bonchev–Trinajstić information content (AvgIpc) is 3.29. The Labute approximate surface area is 203 Å². The van der Waals surface area contributed by atoms with Gasteiger partial charge in [0.05, 0.1) is 17.7 Å². The van der Waals surface area contributed by atoms with Crippen LogP contribution in [0.4, 0.5) is 0 Å². The van der Waals surface area contributed by atoms with E-state index in [-0.39, 0.29) is 37.2 Å². The van der Waals surface area contributed by atoms with Crippen molar-refractivity contribution in [1.82, 2.24) is 9.88 Å². The number of carbonyl (C=O) groups is 1. The second-order valence-electron chi connectivity index (χ2n) is 10.4. The normalized spacial score (nSPS) is 31.3. The first-order chi connectivity index (χ1) is 16.4. The van der Waals surface area contributed by atoms with E-state index in [1.54, 1.807) is 25.3 Å². The van der Waals surface area contributed by atoms with Gasteiger partial charge in [0.1, 0.15) is 19.3 Å². The molecule has 1 spiro atoms. The number of hydrogen-bond acceptors (Lipinski definition) is 7. The minimum atomic E-state index is -1.01. The van der Waals surface area contributed by atoms with Gasteiger partial charge in [-0.2, -0.15) is 0 Å². The molecular weight excluding hydrogens is 436 g/mol. The summed E-state index contributed by atoms with van der Waals surface area (Å²) in [5.74, 6) is 1.10. The maximum absolute atomic E-state index is 13.3. The van der Waals surface area contributed by atoms with Gasteiger partial charge in [0.25, 0.3) is 5.91 Å². The Bertz CT molecular complexity index is 817. The molecule has 34 heavy (non-hydrogen) atoms. The van der Waals surface area contributed by atoms with Crippen LogP contribution in [0, 0.1) is 5.92 Å². The molecule has 2 saturated heterocycles. The monoisotopic (exact) mass is 476 g/mol. The van der Waals surface area contributed by atoms with Crippen LogP contribution < -0.4 is 4.74 Å². The van der Waals surface area contributed by atoms with Crippen molar-refractivity contribution in [2.24, 2.45) is 5.92 Å². The number of aromatic nitrogens is 1. The van der Waals surface area contributed by atoms with E-state index in [0.717, 1.165) is 50.2 Å². The number of carbonyl (C=O) groups excluding carboxylic acids is 1. The van der Waals surface area contributed by atoms with Crippen LogP contribution in [0.5, 0.6) is 5.75 Å². The maximum atomic E-state index is 13.3. The van der Waals surface area contributed by atoms with E-state index in [2.05, 4.69) is 18.8 Å². The molecule has 1 aromatic heterocycles. The summed E-state index contributed by atoms with van der Waals surface area (Å²) in [6.07, 6.45) is 9.57. The first kappa shape index (κ1) is 25.4. The number of likely N-dealkylation sites (tertiary alicyclic amines) is 1. The van der Waals surface area contributed by atoms with Crippen molar-refractivity contribution in [3.8, 4) is 5.75 Å². The quantitative estimate of drug-likeness (QED) is 0.356. The van der Waals surface area contributed by atoms with Gasteiger partial charge >= 0.3 is 0 Å². The van der Waals surface area contributed by atoms with Crippen molar-refractivity contribution in [2.75, 3.05) is 34.4 Å². The van der Waals surface area contributed by atoms with Gasteiger partial charge in [-0.15, -0.1) is 0 Å². The minimum absolute atomic E-state index is 0.0449. The number of rotatable bonds is 11. The predicted octanol–water partition coefficient (Wildman–Crippen LogP) is 3.71. The molecule has 3 heterocycles. The van der Waals surface area contributed by atoms with E-state index in [1.165, 1.54) is 12.8 Å². The third-order valence-electron chi connectivity index (χ3n) is 7.50. The predicted molar refractivity (Wildman–Crippen MR) is 126 cm³/mol. The second kappa shape index (κ2) is 10.9. The molecule has 4 rings (SSSR count). The largest absolute Gasteiger partial charge is 0.490 e. The lowest BCUT2D eigenvalue weighted by Gasteiger charge is -2.55. The number of β-lactam (4-membered cyclic amide) rings is 1. The number of hydrogen-bond donors (Lipinski definition) is 0. The van der Waals surface area contributed by atoms with Crippen LogP contribution in [0.2, 0.25) is 0 Å². The number of amides is 1. The molecule has 0 N–H and O–H groups in total. The van der Waals surface area contributed by atoms with Crippen LogP contribution in [0.15, 0.2) is 18.3 Å². The van der Waals surface area contributed by atoms with Crippen LogP contribution >= 0.6 is 0 Å². The van der Waals surface area contributed by atoms with Crippen LogP contribution in [0.25, 0.3) is 0 Å². The molecule has 8 heteroatoms. The van der Waals surface area contributed by atoms with Gasteiger partial charge in [0.15, 0.2) is 5.60 Å². The minimum Gasteiger partial charge on any atom is -0.490 e. The molecule has 0 unspecified atom stereocenters. The molecule has 0 radical (unpaired) electrons. The van der Waals surface area contributed by atoms with Crippen LogP contribution in [0.3, 0.4) is 0 Å². The summed E-state index contributed by atoms with van der Waals surface area (Å²) in [7, 11) is 3.17. The van der Waals surface area contributed by atoms with Gasteiger partial charge < -0.3 is 28.6 Å². The lowest BCUT2D eigenvalue weighted by Crippen LogP contribution is -2.76. The fourth-order valence-electron chi connectivity index (χ4n) is 5.80. The molecule has 3 aliphatic rings. The topological polar surface area (TPSA) is 79.3 Å². The third kappa shape index (κ3) is 5.25. The zero-order valence-corrected chi connectivity index (χ0v) is 21.1. The van der Waals surface area contributed by atoms with Crippen molar-refractivity contribution in [1.29, 1.82) is 0 Å². The SMILES string of the molecule is COCO[C@@]1(Cc2cc(O[C@H]3CC[C@]4(CCCO4)CC3)ccn2)C(=O)N(COC)[C@H]1CC(C)C. The molecule has 190 valence electrons. The molecule has 8 nitrogen and oxygen atoms in total. The molecule has 1 amide bonds. The van der Waals surface area contributed by atoms with E-state index >= 15 is 0 Å². The second-order valence-corrected chi connectivity index (χ2v) is 10.4. The first-order valence-electron chi connectivity index (χ1n) is 12.6.